The first kappa shape index (κ1) is 8.97. The summed E-state index contributed by atoms with van der Waals surface area (Å²) in [5, 5.41) is 18.4. The van der Waals surface area contributed by atoms with Gasteiger partial charge in [-0.25, -0.2) is 0 Å². The van der Waals surface area contributed by atoms with Crippen LogP contribution in [0.1, 0.15) is 20.3 Å². The van der Waals surface area contributed by atoms with E-state index in [0.29, 0.717) is 13.1 Å². The SMILES string of the molecule is CCC1(O)CN(C(C)CO)C1. The fourth-order valence-electron chi connectivity index (χ4n) is 1.36. The fraction of sp³-hybridized carbons (Fsp3) is 1.00. The molecule has 3 nitrogen and oxygen atoms in total. The zero-order valence-electron chi connectivity index (χ0n) is 7.25. The van der Waals surface area contributed by atoms with Crippen LogP contribution >= 0.6 is 0 Å². The van der Waals surface area contributed by atoms with Gasteiger partial charge in [-0.3, -0.25) is 4.90 Å². The zero-order chi connectivity index (χ0) is 8.48. The van der Waals surface area contributed by atoms with Gasteiger partial charge in [-0.05, 0) is 13.3 Å². The van der Waals surface area contributed by atoms with E-state index in [1.165, 1.54) is 0 Å². The average molecular weight is 159 g/mol. The minimum absolute atomic E-state index is 0.180. The molecule has 1 atom stereocenters. The third-order valence-electron chi connectivity index (χ3n) is 2.54. The molecule has 0 aromatic rings. The summed E-state index contributed by atoms with van der Waals surface area (Å²) in [6.45, 7) is 5.56. The lowest BCUT2D eigenvalue weighted by molar-refractivity contribution is -0.120. The van der Waals surface area contributed by atoms with Gasteiger partial charge < -0.3 is 10.2 Å². The standard InChI is InChI=1S/C8H17NO2/c1-3-8(11)5-9(6-8)7(2)4-10/h7,10-11H,3-6H2,1-2H3. The normalized spacial score (nSPS) is 26.2. The van der Waals surface area contributed by atoms with Crippen LogP contribution in [0.4, 0.5) is 0 Å². The molecular formula is C8H17NO2. The molecule has 1 aliphatic heterocycles. The van der Waals surface area contributed by atoms with Gasteiger partial charge in [0.25, 0.3) is 0 Å². The van der Waals surface area contributed by atoms with E-state index in [0.717, 1.165) is 6.42 Å². The Kier molecular flexibility index (Phi) is 2.52. The van der Waals surface area contributed by atoms with E-state index in [-0.39, 0.29) is 12.6 Å². The van der Waals surface area contributed by atoms with Gasteiger partial charge in [-0.1, -0.05) is 6.92 Å². The van der Waals surface area contributed by atoms with Gasteiger partial charge >= 0.3 is 0 Å². The molecule has 0 aromatic heterocycles. The molecule has 1 unspecified atom stereocenters. The van der Waals surface area contributed by atoms with Crippen LogP contribution < -0.4 is 0 Å². The molecule has 1 aliphatic rings. The second-order valence-electron chi connectivity index (χ2n) is 3.51. The number of β-amino-alcohol motifs (C(OH)–C–C–N with tert-alkyl or cyclic N) is 1. The largest absolute Gasteiger partial charge is 0.395 e. The second-order valence-corrected chi connectivity index (χ2v) is 3.51. The van der Waals surface area contributed by atoms with Crippen molar-refractivity contribution in [3.05, 3.63) is 0 Å². The maximum atomic E-state index is 9.61. The fourth-order valence-corrected chi connectivity index (χ4v) is 1.36. The maximum Gasteiger partial charge on any atom is 0.0897 e. The Morgan fingerprint density at radius 2 is 2.09 bits per heavy atom. The van der Waals surface area contributed by atoms with E-state index >= 15 is 0 Å². The van der Waals surface area contributed by atoms with E-state index in [1.807, 2.05) is 13.8 Å². The van der Waals surface area contributed by atoms with Crippen LogP contribution in [-0.4, -0.2) is 46.5 Å². The Morgan fingerprint density at radius 1 is 1.55 bits per heavy atom. The smallest absolute Gasteiger partial charge is 0.0897 e. The molecule has 11 heavy (non-hydrogen) atoms. The van der Waals surface area contributed by atoms with E-state index in [1.54, 1.807) is 0 Å². The molecule has 1 heterocycles. The number of nitrogens with zero attached hydrogens (tertiary/aromatic N) is 1. The molecule has 3 heteroatoms. The highest BCUT2D eigenvalue weighted by molar-refractivity contribution is 4.96. The average Bonchev–Trinajstić information content (AvgIpc) is 1.97. The van der Waals surface area contributed by atoms with Crippen LogP contribution in [0.3, 0.4) is 0 Å². The first-order valence-electron chi connectivity index (χ1n) is 4.18. The quantitative estimate of drug-likeness (QED) is 0.600. The molecule has 1 fully saturated rings. The van der Waals surface area contributed by atoms with E-state index in [9.17, 15) is 5.11 Å². The molecule has 1 saturated heterocycles. The summed E-state index contributed by atoms with van der Waals surface area (Å²) in [6.07, 6.45) is 0.807. The van der Waals surface area contributed by atoms with Crippen molar-refractivity contribution in [1.29, 1.82) is 0 Å². The lowest BCUT2D eigenvalue weighted by Crippen LogP contribution is -2.64. The van der Waals surface area contributed by atoms with Gasteiger partial charge in [-0.15, -0.1) is 0 Å². The number of rotatable bonds is 3. The van der Waals surface area contributed by atoms with Crippen molar-refractivity contribution in [2.75, 3.05) is 19.7 Å². The predicted molar refractivity (Wildman–Crippen MR) is 43.4 cm³/mol. The second kappa shape index (κ2) is 3.09. The maximum absolute atomic E-state index is 9.61. The van der Waals surface area contributed by atoms with Crippen molar-refractivity contribution in [3.8, 4) is 0 Å². The number of hydrogen-bond donors (Lipinski definition) is 2. The topological polar surface area (TPSA) is 43.7 Å². The van der Waals surface area contributed by atoms with Crippen LogP contribution in [0.15, 0.2) is 0 Å². The highest BCUT2D eigenvalue weighted by atomic mass is 16.3. The number of likely N-dealkylation sites (tertiary alicyclic amines) is 1. The lowest BCUT2D eigenvalue weighted by atomic mass is 9.90. The van der Waals surface area contributed by atoms with Gasteiger partial charge in [0.15, 0.2) is 0 Å². The van der Waals surface area contributed by atoms with Crippen molar-refractivity contribution < 1.29 is 10.2 Å². The summed E-state index contributed by atoms with van der Waals surface area (Å²) in [4.78, 5) is 2.09. The number of hydrogen-bond acceptors (Lipinski definition) is 3. The Hall–Kier alpha value is -0.120. The summed E-state index contributed by atoms with van der Waals surface area (Å²) in [5.74, 6) is 0. The zero-order valence-corrected chi connectivity index (χ0v) is 7.25. The minimum atomic E-state index is -0.469. The third-order valence-corrected chi connectivity index (χ3v) is 2.54. The molecule has 0 aliphatic carbocycles. The van der Waals surface area contributed by atoms with E-state index < -0.39 is 5.60 Å². The van der Waals surface area contributed by atoms with Gasteiger partial charge in [0.2, 0.25) is 0 Å². The summed E-state index contributed by atoms with van der Waals surface area (Å²) in [7, 11) is 0. The molecule has 0 saturated carbocycles. The summed E-state index contributed by atoms with van der Waals surface area (Å²) in [5.41, 5.74) is -0.469. The van der Waals surface area contributed by atoms with Crippen molar-refractivity contribution in [2.24, 2.45) is 0 Å². The van der Waals surface area contributed by atoms with Crippen LogP contribution in [-0.2, 0) is 0 Å². The first-order chi connectivity index (χ1) is 5.11. The van der Waals surface area contributed by atoms with Crippen molar-refractivity contribution in [3.63, 3.8) is 0 Å². The number of aliphatic hydroxyl groups excluding tert-OH is 1. The molecule has 0 bridgehead atoms. The Bertz CT molecular complexity index is 132. The Labute approximate surface area is 67.6 Å². The molecule has 1 rings (SSSR count). The van der Waals surface area contributed by atoms with Crippen LogP contribution in [0.2, 0.25) is 0 Å². The van der Waals surface area contributed by atoms with Gasteiger partial charge in [0.05, 0.1) is 12.2 Å². The Morgan fingerprint density at radius 3 is 2.45 bits per heavy atom. The minimum Gasteiger partial charge on any atom is -0.395 e. The lowest BCUT2D eigenvalue weighted by Gasteiger charge is -2.48. The summed E-state index contributed by atoms with van der Waals surface area (Å²) >= 11 is 0. The molecule has 66 valence electrons. The molecule has 0 amide bonds. The van der Waals surface area contributed by atoms with Crippen LogP contribution in [0, 0.1) is 0 Å². The Balaban J connectivity index is 2.28. The summed E-state index contributed by atoms with van der Waals surface area (Å²) < 4.78 is 0. The monoisotopic (exact) mass is 159 g/mol. The third kappa shape index (κ3) is 1.72. The number of aliphatic hydroxyl groups is 2. The molecule has 2 N–H and O–H groups in total. The first-order valence-corrected chi connectivity index (χ1v) is 4.18. The van der Waals surface area contributed by atoms with Crippen molar-refractivity contribution in [2.45, 2.75) is 31.9 Å². The van der Waals surface area contributed by atoms with Crippen molar-refractivity contribution >= 4 is 0 Å². The van der Waals surface area contributed by atoms with Gasteiger partial charge in [0.1, 0.15) is 0 Å². The molecule has 0 aromatic carbocycles. The van der Waals surface area contributed by atoms with Crippen LogP contribution in [0.5, 0.6) is 0 Å². The molecule has 0 spiro atoms. The van der Waals surface area contributed by atoms with Gasteiger partial charge in [-0.2, -0.15) is 0 Å². The highest BCUT2D eigenvalue weighted by Gasteiger charge is 2.40. The van der Waals surface area contributed by atoms with Crippen LogP contribution in [0.25, 0.3) is 0 Å². The highest BCUT2D eigenvalue weighted by Crippen LogP contribution is 2.25. The van der Waals surface area contributed by atoms with E-state index in [4.69, 9.17) is 5.11 Å². The summed E-state index contributed by atoms with van der Waals surface area (Å²) in [6, 6.07) is 0.196. The molecule has 0 radical (unpaired) electrons. The van der Waals surface area contributed by atoms with Crippen molar-refractivity contribution in [1.82, 2.24) is 4.90 Å². The predicted octanol–water partition coefficient (Wildman–Crippen LogP) is -0.176. The van der Waals surface area contributed by atoms with Gasteiger partial charge in [0, 0.05) is 19.1 Å². The van der Waals surface area contributed by atoms with E-state index in [2.05, 4.69) is 4.90 Å². The molecular weight excluding hydrogens is 142 g/mol.